The smallest absolute Gasteiger partial charge is 0.427 e. The van der Waals surface area contributed by atoms with Crippen LogP contribution in [0.2, 0.25) is 0 Å². The Morgan fingerprint density at radius 1 is 1.09 bits per heavy atom. The van der Waals surface area contributed by atoms with Crippen molar-refractivity contribution in [3.05, 3.63) is 24.3 Å². The van der Waals surface area contributed by atoms with Gasteiger partial charge in [-0.25, -0.2) is 19.4 Å². The minimum absolute atomic E-state index is 0.193. The zero-order valence-electron chi connectivity index (χ0n) is 12.3. The number of rotatable bonds is 6. The number of unbranched alkanes of at least 4 members (excludes halogenated alkanes) is 3. The van der Waals surface area contributed by atoms with Crippen molar-refractivity contribution in [2.45, 2.75) is 45.3 Å². The van der Waals surface area contributed by atoms with Crippen LogP contribution >= 0.6 is 0 Å². The lowest BCUT2D eigenvalue weighted by Crippen LogP contribution is -2.36. The fourth-order valence-corrected chi connectivity index (χ4v) is 1.80. The fraction of sp³-hybridized carbons (Fsp3) is 0.467. The third kappa shape index (κ3) is 4.63. The molecule has 0 aromatic heterocycles. The van der Waals surface area contributed by atoms with Crippen LogP contribution in [0.5, 0.6) is 11.5 Å². The van der Waals surface area contributed by atoms with Crippen LogP contribution in [-0.2, 0) is 24.3 Å². The van der Waals surface area contributed by atoms with E-state index >= 15 is 0 Å². The first-order valence-electron chi connectivity index (χ1n) is 7.21. The Kier molecular flexibility index (Phi) is 6.02. The first-order valence-corrected chi connectivity index (χ1v) is 7.21. The van der Waals surface area contributed by atoms with Crippen LogP contribution in [-0.4, -0.2) is 18.2 Å². The summed E-state index contributed by atoms with van der Waals surface area (Å²) < 4.78 is 5.23. The molecule has 0 saturated heterocycles. The summed E-state index contributed by atoms with van der Waals surface area (Å²) in [7, 11) is 0. The number of carbonyl (C=O) groups is 2. The van der Waals surface area contributed by atoms with Crippen molar-refractivity contribution in [2.24, 2.45) is 0 Å². The predicted molar refractivity (Wildman–Crippen MR) is 73.5 cm³/mol. The Bertz CT molecular complexity index is 514. The SMILES string of the molecule is CCCCCCC(=O)OOC(=O)C1OOc2ccccc2O1. The Morgan fingerprint density at radius 3 is 2.64 bits per heavy atom. The standard InChI is InChI=1S/C15H18O7/c1-2-3-4-5-10-13(16)20-21-14(17)15-18-11-8-6-7-9-12(11)19-22-15/h6-9,15H,2-5,10H2,1H3. The molecule has 1 aliphatic rings. The van der Waals surface area contributed by atoms with Gasteiger partial charge in [-0.1, -0.05) is 38.3 Å². The van der Waals surface area contributed by atoms with Crippen LogP contribution in [0.1, 0.15) is 39.0 Å². The van der Waals surface area contributed by atoms with E-state index in [2.05, 4.69) is 16.7 Å². The van der Waals surface area contributed by atoms with E-state index in [-0.39, 0.29) is 6.42 Å². The first-order chi connectivity index (χ1) is 10.7. The average molecular weight is 310 g/mol. The molecule has 1 aliphatic heterocycles. The molecular weight excluding hydrogens is 292 g/mol. The van der Waals surface area contributed by atoms with Gasteiger partial charge in [0.15, 0.2) is 5.75 Å². The molecule has 7 nitrogen and oxygen atoms in total. The Balaban J connectivity index is 1.71. The summed E-state index contributed by atoms with van der Waals surface area (Å²) in [6, 6.07) is 6.67. The van der Waals surface area contributed by atoms with E-state index in [1.807, 2.05) is 0 Å². The number of fused-ring (bicyclic) bond motifs is 1. The van der Waals surface area contributed by atoms with E-state index in [4.69, 9.17) is 14.5 Å². The van der Waals surface area contributed by atoms with E-state index in [9.17, 15) is 9.59 Å². The average Bonchev–Trinajstić information content (AvgIpc) is 2.56. The number of para-hydroxylation sites is 2. The molecular formula is C15H18O7. The molecule has 7 heteroatoms. The molecule has 0 amide bonds. The normalized spacial score (nSPS) is 16.0. The quantitative estimate of drug-likeness (QED) is 0.454. The molecule has 1 atom stereocenters. The van der Waals surface area contributed by atoms with Crippen LogP contribution in [0.4, 0.5) is 0 Å². The maximum absolute atomic E-state index is 11.7. The minimum Gasteiger partial charge on any atom is -0.447 e. The van der Waals surface area contributed by atoms with E-state index in [0.717, 1.165) is 19.3 Å². The summed E-state index contributed by atoms with van der Waals surface area (Å²) in [6.07, 6.45) is 2.49. The Morgan fingerprint density at radius 2 is 1.86 bits per heavy atom. The topological polar surface area (TPSA) is 80.3 Å². The summed E-state index contributed by atoms with van der Waals surface area (Å²) >= 11 is 0. The van der Waals surface area contributed by atoms with Gasteiger partial charge in [0.25, 0.3) is 0 Å². The monoisotopic (exact) mass is 310 g/mol. The predicted octanol–water partition coefficient (Wildman–Crippen LogP) is 2.69. The van der Waals surface area contributed by atoms with Crippen LogP contribution in [0.3, 0.4) is 0 Å². The van der Waals surface area contributed by atoms with E-state index in [1.165, 1.54) is 0 Å². The molecule has 120 valence electrons. The molecule has 22 heavy (non-hydrogen) atoms. The summed E-state index contributed by atoms with van der Waals surface area (Å²) in [4.78, 5) is 41.5. The highest BCUT2D eigenvalue weighted by Crippen LogP contribution is 2.31. The molecule has 0 bridgehead atoms. The van der Waals surface area contributed by atoms with Gasteiger partial charge in [0, 0.05) is 0 Å². The van der Waals surface area contributed by atoms with E-state index in [1.54, 1.807) is 24.3 Å². The summed E-state index contributed by atoms with van der Waals surface area (Å²) in [5.74, 6) is -0.931. The van der Waals surface area contributed by atoms with Crippen LogP contribution in [0, 0.1) is 0 Å². The van der Waals surface area contributed by atoms with Gasteiger partial charge in [0.05, 0.1) is 6.42 Å². The minimum atomic E-state index is -1.44. The highest BCUT2D eigenvalue weighted by molar-refractivity contribution is 5.75. The Labute approximate surface area is 127 Å². The molecule has 0 spiro atoms. The second-order valence-electron chi connectivity index (χ2n) is 4.74. The number of carbonyl (C=O) groups excluding carboxylic acids is 2. The number of hydrogen-bond acceptors (Lipinski definition) is 7. The molecule has 0 saturated carbocycles. The molecule has 0 fully saturated rings. The van der Waals surface area contributed by atoms with Gasteiger partial charge in [-0.15, -0.1) is 4.89 Å². The maximum Gasteiger partial charge on any atom is 0.427 e. The van der Waals surface area contributed by atoms with Gasteiger partial charge in [-0.2, -0.15) is 0 Å². The number of ether oxygens (including phenoxy) is 1. The van der Waals surface area contributed by atoms with Crippen molar-refractivity contribution in [2.75, 3.05) is 0 Å². The van der Waals surface area contributed by atoms with Crippen molar-refractivity contribution in [3.8, 4) is 11.5 Å². The molecule has 1 aromatic rings. The van der Waals surface area contributed by atoms with Crippen LogP contribution in [0.25, 0.3) is 0 Å². The van der Waals surface area contributed by atoms with Crippen molar-refractivity contribution in [1.82, 2.24) is 0 Å². The Hall–Kier alpha value is -2.28. The van der Waals surface area contributed by atoms with E-state index < -0.39 is 18.2 Å². The molecule has 0 aliphatic carbocycles. The largest absolute Gasteiger partial charge is 0.447 e. The fourth-order valence-electron chi connectivity index (χ4n) is 1.80. The lowest BCUT2D eigenvalue weighted by molar-refractivity contribution is -0.330. The van der Waals surface area contributed by atoms with Gasteiger partial charge in [0.2, 0.25) is 5.75 Å². The first kappa shape index (κ1) is 16.1. The van der Waals surface area contributed by atoms with Crippen molar-refractivity contribution >= 4 is 11.9 Å². The number of benzene rings is 1. The van der Waals surface area contributed by atoms with Gasteiger partial charge in [-0.3, -0.25) is 0 Å². The van der Waals surface area contributed by atoms with Gasteiger partial charge in [0.1, 0.15) is 0 Å². The summed E-state index contributed by atoms with van der Waals surface area (Å²) in [5, 5.41) is 0. The lowest BCUT2D eigenvalue weighted by Gasteiger charge is -2.22. The number of hydrogen-bond donors (Lipinski definition) is 0. The van der Waals surface area contributed by atoms with Crippen LogP contribution < -0.4 is 9.62 Å². The third-order valence-electron chi connectivity index (χ3n) is 2.95. The highest BCUT2D eigenvalue weighted by atomic mass is 17.3. The van der Waals surface area contributed by atoms with Gasteiger partial charge in [-0.05, 0) is 18.6 Å². The van der Waals surface area contributed by atoms with Crippen molar-refractivity contribution in [1.29, 1.82) is 0 Å². The summed E-state index contributed by atoms with van der Waals surface area (Å²) in [5.41, 5.74) is 0. The second-order valence-corrected chi connectivity index (χ2v) is 4.74. The maximum atomic E-state index is 11.7. The summed E-state index contributed by atoms with van der Waals surface area (Å²) in [6.45, 7) is 2.07. The second kappa shape index (κ2) is 8.23. The lowest BCUT2D eigenvalue weighted by atomic mass is 10.2. The third-order valence-corrected chi connectivity index (χ3v) is 2.95. The highest BCUT2D eigenvalue weighted by Gasteiger charge is 2.32. The molecule has 1 heterocycles. The van der Waals surface area contributed by atoms with Crippen molar-refractivity contribution in [3.63, 3.8) is 0 Å². The van der Waals surface area contributed by atoms with Crippen molar-refractivity contribution < 1.29 is 33.9 Å². The molecule has 0 radical (unpaired) electrons. The molecule has 1 aromatic carbocycles. The van der Waals surface area contributed by atoms with Gasteiger partial charge < -0.3 is 9.62 Å². The molecule has 0 N–H and O–H groups in total. The van der Waals surface area contributed by atoms with E-state index in [0.29, 0.717) is 17.9 Å². The molecule has 2 rings (SSSR count). The zero-order chi connectivity index (χ0) is 15.8. The molecule has 1 unspecified atom stereocenters. The van der Waals surface area contributed by atoms with Gasteiger partial charge >= 0.3 is 18.2 Å². The zero-order valence-corrected chi connectivity index (χ0v) is 12.3. The van der Waals surface area contributed by atoms with Crippen LogP contribution in [0.15, 0.2) is 24.3 Å².